The molecule has 0 bridgehead atoms. The predicted octanol–water partition coefficient (Wildman–Crippen LogP) is 2.63. The summed E-state index contributed by atoms with van der Waals surface area (Å²) in [5.74, 6) is 0.756. The molecule has 0 aliphatic carbocycles. The lowest BCUT2D eigenvalue weighted by Crippen LogP contribution is -2.41. The smallest absolute Gasteiger partial charge is 0.287 e. The number of amides is 1. The number of nitrogens with zero attached hydrogens (tertiary/aromatic N) is 2. The fourth-order valence-electron chi connectivity index (χ4n) is 2.94. The summed E-state index contributed by atoms with van der Waals surface area (Å²) in [6.07, 6.45) is 7.47. The molecule has 1 N–H and O–H groups in total. The second-order valence-electron chi connectivity index (χ2n) is 5.80. The molecular weight excluding hydrogens is 278 g/mol. The SMILES string of the molecule is Cc1ccoc1C(=O)NCC1CCCN(c2ccncc2)C1. The van der Waals surface area contributed by atoms with Crippen LogP contribution in [0.4, 0.5) is 5.69 Å². The molecule has 1 aliphatic heterocycles. The minimum Gasteiger partial charge on any atom is -0.459 e. The number of furan rings is 1. The van der Waals surface area contributed by atoms with Crippen LogP contribution >= 0.6 is 0 Å². The van der Waals surface area contributed by atoms with Crippen molar-refractivity contribution in [3.8, 4) is 0 Å². The Bertz CT molecular complexity index is 624. The number of aryl methyl sites for hydroxylation is 1. The summed E-state index contributed by atoms with van der Waals surface area (Å²) < 4.78 is 5.23. The third-order valence-electron chi connectivity index (χ3n) is 4.17. The van der Waals surface area contributed by atoms with Gasteiger partial charge in [-0.2, -0.15) is 0 Å². The third kappa shape index (κ3) is 3.30. The number of rotatable bonds is 4. The number of pyridine rings is 1. The van der Waals surface area contributed by atoms with E-state index in [1.165, 1.54) is 5.69 Å². The van der Waals surface area contributed by atoms with Crippen molar-refractivity contribution in [3.63, 3.8) is 0 Å². The van der Waals surface area contributed by atoms with E-state index in [1.807, 2.05) is 31.5 Å². The molecule has 3 rings (SSSR count). The van der Waals surface area contributed by atoms with Crippen molar-refractivity contribution in [3.05, 3.63) is 48.2 Å². The Labute approximate surface area is 130 Å². The highest BCUT2D eigenvalue weighted by atomic mass is 16.3. The molecule has 22 heavy (non-hydrogen) atoms. The van der Waals surface area contributed by atoms with Gasteiger partial charge in [0.05, 0.1) is 6.26 Å². The molecule has 0 radical (unpaired) electrons. The molecule has 1 aliphatic rings. The lowest BCUT2D eigenvalue weighted by molar-refractivity contribution is 0.0917. The molecule has 1 unspecified atom stereocenters. The summed E-state index contributed by atoms with van der Waals surface area (Å²) in [7, 11) is 0. The van der Waals surface area contributed by atoms with Crippen molar-refractivity contribution in [2.24, 2.45) is 5.92 Å². The van der Waals surface area contributed by atoms with Gasteiger partial charge in [-0.1, -0.05) is 0 Å². The van der Waals surface area contributed by atoms with E-state index in [9.17, 15) is 4.79 Å². The Morgan fingerprint density at radius 2 is 2.23 bits per heavy atom. The maximum atomic E-state index is 12.1. The fraction of sp³-hybridized carbons (Fsp3) is 0.412. The van der Waals surface area contributed by atoms with Gasteiger partial charge in [0, 0.05) is 43.3 Å². The van der Waals surface area contributed by atoms with E-state index in [0.29, 0.717) is 18.2 Å². The molecule has 5 heteroatoms. The highest BCUT2D eigenvalue weighted by Crippen LogP contribution is 2.22. The van der Waals surface area contributed by atoms with Crippen LogP contribution in [-0.2, 0) is 0 Å². The standard InChI is InChI=1S/C17H21N3O2/c1-13-6-10-22-16(13)17(21)19-11-14-3-2-9-20(12-14)15-4-7-18-8-5-15/h4-8,10,14H,2-3,9,11-12H2,1H3,(H,19,21). The first-order valence-corrected chi connectivity index (χ1v) is 7.71. The summed E-state index contributed by atoms with van der Waals surface area (Å²) in [4.78, 5) is 18.5. The molecular formula is C17H21N3O2. The Morgan fingerprint density at radius 1 is 1.41 bits per heavy atom. The number of carbonyl (C=O) groups excluding carboxylic acids is 1. The molecule has 1 saturated heterocycles. The van der Waals surface area contributed by atoms with Crippen molar-refractivity contribution in [1.29, 1.82) is 0 Å². The van der Waals surface area contributed by atoms with E-state index in [4.69, 9.17) is 4.42 Å². The van der Waals surface area contributed by atoms with Crippen molar-refractivity contribution in [2.45, 2.75) is 19.8 Å². The number of aromatic nitrogens is 1. The molecule has 1 fully saturated rings. The van der Waals surface area contributed by atoms with Crippen LogP contribution in [0.3, 0.4) is 0 Å². The van der Waals surface area contributed by atoms with E-state index in [2.05, 4.69) is 15.2 Å². The van der Waals surface area contributed by atoms with Crippen molar-refractivity contribution in [1.82, 2.24) is 10.3 Å². The van der Waals surface area contributed by atoms with E-state index < -0.39 is 0 Å². The van der Waals surface area contributed by atoms with Crippen LogP contribution < -0.4 is 10.2 Å². The van der Waals surface area contributed by atoms with Gasteiger partial charge in [-0.05, 0) is 43.9 Å². The number of anilines is 1. The van der Waals surface area contributed by atoms with Gasteiger partial charge >= 0.3 is 0 Å². The average molecular weight is 299 g/mol. The van der Waals surface area contributed by atoms with Crippen LogP contribution in [-0.4, -0.2) is 30.5 Å². The largest absolute Gasteiger partial charge is 0.459 e. The number of hydrogen-bond donors (Lipinski definition) is 1. The topological polar surface area (TPSA) is 58.4 Å². The van der Waals surface area contributed by atoms with E-state index >= 15 is 0 Å². The van der Waals surface area contributed by atoms with Crippen LogP contribution in [0, 0.1) is 12.8 Å². The first-order valence-electron chi connectivity index (χ1n) is 7.71. The number of hydrogen-bond acceptors (Lipinski definition) is 4. The highest BCUT2D eigenvalue weighted by molar-refractivity contribution is 5.92. The summed E-state index contributed by atoms with van der Waals surface area (Å²) in [6, 6.07) is 5.88. The Hall–Kier alpha value is -2.30. The maximum Gasteiger partial charge on any atom is 0.287 e. The summed E-state index contributed by atoms with van der Waals surface area (Å²) >= 11 is 0. The lowest BCUT2D eigenvalue weighted by atomic mass is 9.97. The van der Waals surface area contributed by atoms with Gasteiger partial charge in [-0.15, -0.1) is 0 Å². The first kappa shape index (κ1) is 14.6. The third-order valence-corrected chi connectivity index (χ3v) is 4.17. The van der Waals surface area contributed by atoms with Crippen LogP contribution in [0.25, 0.3) is 0 Å². The van der Waals surface area contributed by atoms with Crippen molar-refractivity contribution >= 4 is 11.6 Å². The molecule has 5 nitrogen and oxygen atoms in total. The zero-order valence-corrected chi connectivity index (χ0v) is 12.8. The van der Waals surface area contributed by atoms with Gasteiger partial charge in [-0.3, -0.25) is 9.78 Å². The number of piperidine rings is 1. The van der Waals surface area contributed by atoms with Crippen LogP contribution in [0.5, 0.6) is 0 Å². The Balaban J connectivity index is 1.55. The molecule has 0 spiro atoms. The fourth-order valence-corrected chi connectivity index (χ4v) is 2.94. The first-order chi connectivity index (χ1) is 10.7. The zero-order valence-electron chi connectivity index (χ0n) is 12.8. The molecule has 116 valence electrons. The van der Waals surface area contributed by atoms with Gasteiger partial charge in [-0.25, -0.2) is 0 Å². The quantitative estimate of drug-likeness (QED) is 0.943. The second kappa shape index (κ2) is 6.64. The highest BCUT2D eigenvalue weighted by Gasteiger charge is 2.21. The summed E-state index contributed by atoms with van der Waals surface area (Å²) in [5.41, 5.74) is 2.08. The Morgan fingerprint density at radius 3 is 2.95 bits per heavy atom. The molecule has 2 aromatic heterocycles. The zero-order chi connectivity index (χ0) is 15.4. The average Bonchev–Trinajstić information content (AvgIpc) is 3.00. The van der Waals surface area contributed by atoms with Crippen LogP contribution in [0.1, 0.15) is 29.0 Å². The Kier molecular flexibility index (Phi) is 4.42. The molecule has 1 atom stereocenters. The van der Waals surface area contributed by atoms with Crippen molar-refractivity contribution in [2.75, 3.05) is 24.5 Å². The van der Waals surface area contributed by atoms with Gasteiger partial charge in [0.1, 0.15) is 0 Å². The van der Waals surface area contributed by atoms with Crippen molar-refractivity contribution < 1.29 is 9.21 Å². The van der Waals surface area contributed by atoms with E-state index in [-0.39, 0.29) is 5.91 Å². The second-order valence-corrected chi connectivity index (χ2v) is 5.80. The summed E-state index contributed by atoms with van der Waals surface area (Å²) in [6.45, 7) is 4.58. The van der Waals surface area contributed by atoms with Crippen LogP contribution in [0.15, 0.2) is 41.3 Å². The number of carbonyl (C=O) groups is 1. The van der Waals surface area contributed by atoms with Crippen LogP contribution in [0.2, 0.25) is 0 Å². The molecule has 0 saturated carbocycles. The molecule has 0 aromatic carbocycles. The van der Waals surface area contributed by atoms with Gasteiger partial charge in [0.15, 0.2) is 5.76 Å². The van der Waals surface area contributed by atoms with Gasteiger partial charge < -0.3 is 14.6 Å². The van der Waals surface area contributed by atoms with E-state index in [0.717, 1.165) is 31.5 Å². The van der Waals surface area contributed by atoms with Gasteiger partial charge in [0.25, 0.3) is 5.91 Å². The predicted molar refractivity (Wildman–Crippen MR) is 85.0 cm³/mol. The maximum absolute atomic E-state index is 12.1. The molecule has 1 amide bonds. The molecule has 2 aromatic rings. The molecule has 3 heterocycles. The van der Waals surface area contributed by atoms with E-state index in [1.54, 1.807) is 12.3 Å². The lowest BCUT2D eigenvalue weighted by Gasteiger charge is -2.34. The minimum atomic E-state index is -0.122. The normalized spacial score (nSPS) is 18.2. The monoisotopic (exact) mass is 299 g/mol. The minimum absolute atomic E-state index is 0.122. The summed E-state index contributed by atoms with van der Waals surface area (Å²) in [5, 5.41) is 3.00. The van der Waals surface area contributed by atoms with Gasteiger partial charge in [0.2, 0.25) is 0 Å². The number of nitrogens with one attached hydrogen (secondary N) is 1.